The first-order valence-corrected chi connectivity index (χ1v) is 4.59. The van der Waals surface area contributed by atoms with Gasteiger partial charge in [0.05, 0.1) is 12.1 Å². The standard InChI is InChI=1S/C12H12FNO/c1-9-5-6-12(13)11(8-9)4-3-7-14-10(2)15/h5-6,8H,7H2,1-2H3,(H,14,15). The van der Waals surface area contributed by atoms with Gasteiger partial charge >= 0.3 is 0 Å². The van der Waals surface area contributed by atoms with Crippen molar-refractivity contribution in [2.45, 2.75) is 13.8 Å². The van der Waals surface area contributed by atoms with Crippen molar-refractivity contribution in [1.82, 2.24) is 5.32 Å². The Morgan fingerprint density at radius 2 is 2.27 bits per heavy atom. The normalized spacial score (nSPS) is 9.00. The molecule has 1 N–H and O–H groups in total. The molecular weight excluding hydrogens is 193 g/mol. The monoisotopic (exact) mass is 205 g/mol. The van der Waals surface area contributed by atoms with Crippen molar-refractivity contribution < 1.29 is 9.18 Å². The lowest BCUT2D eigenvalue weighted by molar-refractivity contribution is -0.118. The summed E-state index contributed by atoms with van der Waals surface area (Å²) in [7, 11) is 0. The van der Waals surface area contributed by atoms with Crippen molar-refractivity contribution in [2.75, 3.05) is 6.54 Å². The van der Waals surface area contributed by atoms with E-state index in [1.54, 1.807) is 12.1 Å². The minimum absolute atomic E-state index is 0.144. The molecule has 0 saturated carbocycles. The Bertz CT molecular complexity index is 429. The molecule has 0 aliphatic carbocycles. The third kappa shape index (κ3) is 3.82. The maximum Gasteiger partial charge on any atom is 0.217 e. The predicted octanol–water partition coefficient (Wildman–Crippen LogP) is 1.62. The van der Waals surface area contributed by atoms with Crippen LogP contribution in [0.4, 0.5) is 4.39 Å². The molecule has 0 aromatic heterocycles. The lowest BCUT2D eigenvalue weighted by Gasteiger charge is -1.96. The first-order chi connectivity index (χ1) is 7.09. The number of hydrogen-bond donors (Lipinski definition) is 1. The number of halogens is 1. The molecule has 0 heterocycles. The van der Waals surface area contributed by atoms with Crippen LogP contribution in [0.1, 0.15) is 18.1 Å². The third-order valence-electron chi connectivity index (χ3n) is 1.77. The Morgan fingerprint density at radius 3 is 2.93 bits per heavy atom. The van der Waals surface area contributed by atoms with Crippen molar-refractivity contribution in [3.8, 4) is 11.8 Å². The van der Waals surface area contributed by atoms with E-state index in [4.69, 9.17) is 0 Å². The van der Waals surface area contributed by atoms with E-state index in [1.807, 2.05) is 6.92 Å². The average molecular weight is 205 g/mol. The highest BCUT2D eigenvalue weighted by atomic mass is 19.1. The topological polar surface area (TPSA) is 29.1 Å². The van der Waals surface area contributed by atoms with Crippen molar-refractivity contribution in [3.05, 3.63) is 35.1 Å². The van der Waals surface area contributed by atoms with Gasteiger partial charge in [-0.3, -0.25) is 4.79 Å². The maximum absolute atomic E-state index is 13.2. The molecule has 0 bridgehead atoms. The van der Waals surface area contributed by atoms with E-state index in [0.717, 1.165) is 5.56 Å². The molecule has 0 radical (unpaired) electrons. The molecular formula is C12H12FNO. The molecule has 78 valence electrons. The second-order valence-corrected chi connectivity index (χ2v) is 3.19. The molecule has 0 aliphatic heterocycles. The van der Waals surface area contributed by atoms with Crippen molar-refractivity contribution in [2.24, 2.45) is 0 Å². The van der Waals surface area contributed by atoms with Crippen molar-refractivity contribution in [1.29, 1.82) is 0 Å². The fourth-order valence-electron chi connectivity index (χ4n) is 1.04. The Hall–Kier alpha value is -1.82. The molecule has 0 atom stereocenters. The molecule has 2 nitrogen and oxygen atoms in total. The summed E-state index contributed by atoms with van der Waals surface area (Å²) in [6, 6.07) is 4.75. The van der Waals surface area contributed by atoms with E-state index in [9.17, 15) is 9.18 Å². The molecule has 0 spiro atoms. The summed E-state index contributed by atoms with van der Waals surface area (Å²) in [6.07, 6.45) is 0. The SMILES string of the molecule is CC(=O)NCC#Cc1cc(C)ccc1F. The molecule has 0 unspecified atom stereocenters. The number of carbonyl (C=O) groups excluding carboxylic acids is 1. The number of carbonyl (C=O) groups is 1. The van der Waals surface area contributed by atoms with Gasteiger partial charge in [0.25, 0.3) is 0 Å². The Balaban J connectivity index is 2.71. The van der Waals surface area contributed by atoms with Gasteiger partial charge in [0.1, 0.15) is 5.82 Å². The van der Waals surface area contributed by atoms with E-state index >= 15 is 0 Å². The first-order valence-electron chi connectivity index (χ1n) is 4.59. The summed E-state index contributed by atoms with van der Waals surface area (Å²) in [6.45, 7) is 3.52. The summed E-state index contributed by atoms with van der Waals surface area (Å²) in [4.78, 5) is 10.5. The third-order valence-corrected chi connectivity index (χ3v) is 1.77. The predicted molar refractivity (Wildman–Crippen MR) is 56.7 cm³/mol. The summed E-state index contributed by atoms with van der Waals surface area (Å²) in [5.41, 5.74) is 1.32. The van der Waals surface area contributed by atoms with E-state index < -0.39 is 0 Å². The number of amides is 1. The summed E-state index contributed by atoms with van der Waals surface area (Å²) >= 11 is 0. The molecule has 1 amide bonds. The van der Waals surface area contributed by atoms with Crippen LogP contribution >= 0.6 is 0 Å². The molecule has 1 rings (SSSR count). The zero-order chi connectivity index (χ0) is 11.3. The second kappa shape index (κ2) is 5.16. The molecule has 1 aromatic carbocycles. The molecule has 0 aliphatic rings. The minimum Gasteiger partial charge on any atom is -0.345 e. The van der Waals surface area contributed by atoms with Gasteiger partial charge in [-0.2, -0.15) is 0 Å². The Labute approximate surface area is 88.5 Å². The van der Waals surface area contributed by atoms with Gasteiger partial charge in [-0.15, -0.1) is 0 Å². The smallest absolute Gasteiger partial charge is 0.217 e. The molecule has 0 fully saturated rings. The highest BCUT2D eigenvalue weighted by Gasteiger charge is 1.97. The number of rotatable bonds is 1. The fraction of sp³-hybridized carbons (Fsp3) is 0.250. The molecule has 0 saturated heterocycles. The van der Waals surface area contributed by atoms with Gasteiger partial charge in [0.2, 0.25) is 5.91 Å². The Morgan fingerprint density at radius 1 is 1.53 bits per heavy atom. The van der Waals surface area contributed by atoms with E-state index in [0.29, 0.717) is 5.56 Å². The number of benzene rings is 1. The van der Waals surface area contributed by atoms with Crippen LogP contribution in [-0.2, 0) is 4.79 Å². The van der Waals surface area contributed by atoms with Crippen LogP contribution in [0, 0.1) is 24.6 Å². The van der Waals surface area contributed by atoms with Crippen LogP contribution in [0.25, 0.3) is 0 Å². The van der Waals surface area contributed by atoms with Gasteiger partial charge in [-0.1, -0.05) is 17.9 Å². The van der Waals surface area contributed by atoms with E-state index in [2.05, 4.69) is 17.2 Å². The van der Waals surface area contributed by atoms with Crippen LogP contribution in [-0.4, -0.2) is 12.5 Å². The summed E-state index contributed by atoms with van der Waals surface area (Å²) in [5, 5.41) is 2.51. The highest BCUT2D eigenvalue weighted by Crippen LogP contribution is 2.07. The van der Waals surface area contributed by atoms with Crippen LogP contribution in [0.5, 0.6) is 0 Å². The number of aryl methyl sites for hydroxylation is 1. The van der Waals surface area contributed by atoms with Gasteiger partial charge in [0, 0.05) is 6.92 Å². The zero-order valence-corrected chi connectivity index (χ0v) is 8.73. The largest absolute Gasteiger partial charge is 0.345 e. The lowest BCUT2D eigenvalue weighted by Crippen LogP contribution is -2.19. The lowest BCUT2D eigenvalue weighted by atomic mass is 10.1. The van der Waals surface area contributed by atoms with Crippen molar-refractivity contribution >= 4 is 5.91 Å². The first kappa shape index (κ1) is 11.3. The summed E-state index contributed by atoms with van der Waals surface area (Å²) in [5.74, 6) is 4.87. The number of nitrogens with one attached hydrogen (secondary N) is 1. The molecule has 15 heavy (non-hydrogen) atoms. The molecule has 3 heteroatoms. The average Bonchev–Trinajstić information content (AvgIpc) is 2.17. The summed E-state index contributed by atoms with van der Waals surface area (Å²) < 4.78 is 13.2. The quantitative estimate of drug-likeness (QED) is 0.693. The maximum atomic E-state index is 13.2. The van der Waals surface area contributed by atoms with Crippen LogP contribution in [0.15, 0.2) is 18.2 Å². The van der Waals surface area contributed by atoms with Crippen LogP contribution in [0.2, 0.25) is 0 Å². The van der Waals surface area contributed by atoms with Gasteiger partial charge in [-0.25, -0.2) is 4.39 Å². The van der Waals surface area contributed by atoms with E-state index in [-0.39, 0.29) is 18.3 Å². The minimum atomic E-state index is -0.337. The molecule has 1 aromatic rings. The van der Waals surface area contributed by atoms with E-state index in [1.165, 1.54) is 13.0 Å². The van der Waals surface area contributed by atoms with Crippen LogP contribution in [0.3, 0.4) is 0 Å². The zero-order valence-electron chi connectivity index (χ0n) is 8.73. The highest BCUT2D eigenvalue weighted by molar-refractivity contribution is 5.73. The second-order valence-electron chi connectivity index (χ2n) is 3.19. The van der Waals surface area contributed by atoms with Gasteiger partial charge in [0.15, 0.2) is 0 Å². The number of hydrogen-bond acceptors (Lipinski definition) is 1. The Kier molecular flexibility index (Phi) is 3.87. The van der Waals surface area contributed by atoms with Crippen LogP contribution < -0.4 is 5.32 Å². The van der Waals surface area contributed by atoms with Gasteiger partial charge < -0.3 is 5.32 Å². The fourth-order valence-corrected chi connectivity index (χ4v) is 1.04. The van der Waals surface area contributed by atoms with Crippen molar-refractivity contribution in [3.63, 3.8) is 0 Å². The van der Waals surface area contributed by atoms with Gasteiger partial charge in [-0.05, 0) is 24.6 Å².